The first kappa shape index (κ1) is 14.6. The second-order valence-corrected chi connectivity index (χ2v) is 4.96. The molecule has 0 bridgehead atoms. The molecule has 7 nitrogen and oxygen atoms in total. The van der Waals surface area contributed by atoms with Gasteiger partial charge in [-0.3, -0.25) is 4.79 Å². The van der Waals surface area contributed by atoms with Gasteiger partial charge in [0.15, 0.2) is 17.2 Å². The zero-order valence-electron chi connectivity index (χ0n) is 11.9. The van der Waals surface area contributed by atoms with E-state index < -0.39 is 5.91 Å². The maximum absolute atomic E-state index is 11.9. The van der Waals surface area contributed by atoms with E-state index in [2.05, 4.69) is 15.2 Å². The Hall–Kier alpha value is -3.35. The average Bonchev–Trinajstić information content (AvgIpc) is 2.84. The molecule has 1 aromatic heterocycles. The fourth-order valence-electron chi connectivity index (χ4n) is 2.21. The van der Waals surface area contributed by atoms with Crippen LogP contribution < -0.4 is 0 Å². The summed E-state index contributed by atoms with van der Waals surface area (Å²) in [5.74, 6) is -1.27. The third-order valence-electron chi connectivity index (χ3n) is 3.32. The van der Waals surface area contributed by atoms with Gasteiger partial charge in [0.05, 0.1) is 11.9 Å². The Labute approximate surface area is 130 Å². The first-order chi connectivity index (χ1) is 11.0. The van der Waals surface area contributed by atoms with Gasteiger partial charge >= 0.3 is 0 Å². The molecule has 0 aliphatic heterocycles. The Balaban J connectivity index is 1.80. The lowest BCUT2D eigenvalue weighted by molar-refractivity contribution is -0.117. The van der Waals surface area contributed by atoms with Gasteiger partial charge in [-0.1, -0.05) is 24.3 Å². The molecule has 0 spiro atoms. The van der Waals surface area contributed by atoms with Crippen LogP contribution >= 0.6 is 0 Å². The first-order valence-corrected chi connectivity index (χ1v) is 6.79. The lowest BCUT2D eigenvalue weighted by Gasteiger charge is -2.00. The maximum Gasteiger partial charge on any atom is 0.269 e. The summed E-state index contributed by atoms with van der Waals surface area (Å²) in [7, 11) is 0. The average molecular weight is 311 g/mol. The van der Waals surface area contributed by atoms with Crippen molar-refractivity contribution in [2.75, 3.05) is 0 Å². The van der Waals surface area contributed by atoms with Crippen LogP contribution in [0.15, 0.2) is 52.7 Å². The molecule has 116 valence electrons. The Kier molecular flexibility index (Phi) is 3.68. The minimum atomic E-state index is -0.542. The number of carbonyl (C=O) groups is 1. The molecule has 4 N–H and O–H groups in total. The predicted octanol–water partition coefficient (Wildman–Crippen LogP) is 3.14. The fraction of sp³-hybridized carbons (Fsp3) is 0.0625. The van der Waals surface area contributed by atoms with Gasteiger partial charge in [0, 0.05) is 5.39 Å². The molecule has 1 amide bonds. The Morgan fingerprint density at radius 1 is 1.04 bits per heavy atom. The number of nitrogens with one attached hydrogen (secondary N) is 1. The Morgan fingerprint density at radius 3 is 2.61 bits per heavy atom. The van der Waals surface area contributed by atoms with Crippen molar-refractivity contribution in [3.63, 3.8) is 0 Å². The third kappa shape index (κ3) is 2.98. The van der Waals surface area contributed by atoms with Crippen LogP contribution in [0.1, 0.15) is 5.56 Å². The van der Waals surface area contributed by atoms with Gasteiger partial charge in [0.2, 0.25) is 5.88 Å². The van der Waals surface area contributed by atoms with E-state index in [1.807, 2.05) is 6.07 Å². The summed E-state index contributed by atoms with van der Waals surface area (Å²) in [6, 6.07) is 11.2. The highest BCUT2D eigenvalue weighted by Gasteiger charge is 2.11. The van der Waals surface area contributed by atoms with Crippen LogP contribution in [0.2, 0.25) is 0 Å². The van der Waals surface area contributed by atoms with Gasteiger partial charge in [-0.15, -0.1) is 10.2 Å². The molecule has 0 aliphatic rings. The molecular weight excluding hydrogens is 298 g/mol. The van der Waals surface area contributed by atoms with Crippen molar-refractivity contribution < 1.29 is 20.1 Å². The molecule has 0 unspecified atom stereocenters. The summed E-state index contributed by atoms with van der Waals surface area (Å²) in [6.45, 7) is 0. The minimum Gasteiger partial charge on any atom is -0.504 e. The van der Waals surface area contributed by atoms with Crippen molar-refractivity contribution in [3.05, 3.63) is 48.0 Å². The normalized spacial score (nSPS) is 11.3. The van der Waals surface area contributed by atoms with E-state index in [0.717, 1.165) is 0 Å². The van der Waals surface area contributed by atoms with Crippen molar-refractivity contribution in [1.29, 1.82) is 0 Å². The molecule has 2 aromatic carbocycles. The molecule has 0 radical (unpaired) electrons. The summed E-state index contributed by atoms with van der Waals surface area (Å²) in [5.41, 5.74) is 1.38. The summed E-state index contributed by atoms with van der Waals surface area (Å²) in [6.07, 6.45) is -0.0829. The molecule has 0 saturated heterocycles. The number of aromatic nitrogens is 1. The molecule has 0 atom stereocenters. The highest BCUT2D eigenvalue weighted by molar-refractivity contribution is 5.94. The number of carbonyl (C=O) groups excluding carboxylic acids is 1. The topological polar surface area (TPSA) is 118 Å². The van der Waals surface area contributed by atoms with E-state index in [4.69, 9.17) is 0 Å². The number of aromatic amines is 1. The highest BCUT2D eigenvalue weighted by Crippen LogP contribution is 2.35. The summed E-state index contributed by atoms with van der Waals surface area (Å²) >= 11 is 0. The van der Waals surface area contributed by atoms with Crippen LogP contribution in [0.5, 0.6) is 17.4 Å². The van der Waals surface area contributed by atoms with Gasteiger partial charge in [-0.05, 0) is 23.8 Å². The fourth-order valence-corrected chi connectivity index (χ4v) is 2.21. The van der Waals surface area contributed by atoms with Crippen molar-refractivity contribution in [2.45, 2.75) is 6.42 Å². The minimum absolute atomic E-state index is 0.0829. The zero-order valence-corrected chi connectivity index (χ0v) is 11.9. The summed E-state index contributed by atoms with van der Waals surface area (Å²) in [4.78, 5) is 14.6. The van der Waals surface area contributed by atoms with E-state index in [1.54, 1.807) is 18.2 Å². The standard InChI is InChI=1S/C16H13N3O4/c20-12-6-5-9(7-13(12)21)8-14(22)18-19-15-10-3-1-2-4-11(10)17-16(15)23/h1-7,17,20-21,23H,8H2. The molecule has 3 rings (SSSR count). The number of amides is 1. The quantitative estimate of drug-likeness (QED) is 0.439. The van der Waals surface area contributed by atoms with Gasteiger partial charge in [0.25, 0.3) is 5.91 Å². The number of phenols is 2. The lowest BCUT2D eigenvalue weighted by atomic mass is 10.1. The number of benzene rings is 2. The van der Waals surface area contributed by atoms with E-state index in [9.17, 15) is 20.1 Å². The summed E-state index contributed by atoms with van der Waals surface area (Å²) < 4.78 is 0. The van der Waals surface area contributed by atoms with Crippen LogP contribution in [0.3, 0.4) is 0 Å². The molecule has 0 fully saturated rings. The van der Waals surface area contributed by atoms with Gasteiger partial charge in [0.1, 0.15) is 0 Å². The zero-order chi connectivity index (χ0) is 16.4. The van der Waals surface area contributed by atoms with Crippen LogP contribution in [0.25, 0.3) is 10.9 Å². The van der Waals surface area contributed by atoms with Gasteiger partial charge in [-0.25, -0.2) is 0 Å². The number of phenolic OH excluding ortho intramolecular Hbond substituents is 2. The first-order valence-electron chi connectivity index (χ1n) is 6.79. The van der Waals surface area contributed by atoms with Crippen LogP contribution in [0.4, 0.5) is 5.69 Å². The molecule has 23 heavy (non-hydrogen) atoms. The van der Waals surface area contributed by atoms with Crippen molar-refractivity contribution in [1.82, 2.24) is 4.98 Å². The molecule has 3 aromatic rings. The van der Waals surface area contributed by atoms with E-state index in [-0.39, 0.29) is 29.5 Å². The van der Waals surface area contributed by atoms with E-state index in [0.29, 0.717) is 16.5 Å². The molecule has 7 heteroatoms. The number of azo groups is 1. The van der Waals surface area contributed by atoms with Crippen molar-refractivity contribution in [3.8, 4) is 17.4 Å². The number of rotatable bonds is 3. The third-order valence-corrected chi connectivity index (χ3v) is 3.32. The van der Waals surface area contributed by atoms with E-state index in [1.165, 1.54) is 18.2 Å². The second kappa shape index (κ2) is 5.80. The van der Waals surface area contributed by atoms with E-state index >= 15 is 0 Å². The number of H-pyrrole nitrogens is 1. The molecule has 0 aliphatic carbocycles. The van der Waals surface area contributed by atoms with Gasteiger partial charge < -0.3 is 20.3 Å². The SMILES string of the molecule is O=C(Cc1ccc(O)c(O)c1)N=Nc1c(O)[nH]c2ccccc12. The smallest absolute Gasteiger partial charge is 0.269 e. The number of hydrogen-bond donors (Lipinski definition) is 4. The summed E-state index contributed by atoms with van der Waals surface area (Å²) in [5, 5.41) is 36.5. The highest BCUT2D eigenvalue weighted by atomic mass is 16.3. The molecule has 0 saturated carbocycles. The maximum atomic E-state index is 11.9. The monoisotopic (exact) mass is 311 g/mol. The molecule has 1 heterocycles. The number of aromatic hydroxyl groups is 3. The molecular formula is C16H13N3O4. The second-order valence-electron chi connectivity index (χ2n) is 4.96. The lowest BCUT2D eigenvalue weighted by Crippen LogP contribution is -1.97. The largest absolute Gasteiger partial charge is 0.504 e. The van der Waals surface area contributed by atoms with Crippen LogP contribution in [-0.4, -0.2) is 26.2 Å². The predicted molar refractivity (Wildman–Crippen MR) is 83.0 cm³/mol. The number of fused-ring (bicyclic) bond motifs is 1. The number of para-hydroxylation sites is 1. The van der Waals surface area contributed by atoms with Crippen molar-refractivity contribution in [2.24, 2.45) is 10.2 Å². The van der Waals surface area contributed by atoms with Crippen molar-refractivity contribution >= 4 is 22.5 Å². The van der Waals surface area contributed by atoms with Crippen LogP contribution in [-0.2, 0) is 11.2 Å². The number of nitrogens with zero attached hydrogens (tertiary/aromatic N) is 2. The van der Waals surface area contributed by atoms with Gasteiger partial charge in [-0.2, -0.15) is 0 Å². The number of hydrogen-bond acceptors (Lipinski definition) is 5. The van der Waals surface area contributed by atoms with Crippen LogP contribution in [0, 0.1) is 0 Å². The Bertz CT molecular complexity index is 915. The Morgan fingerprint density at radius 2 is 1.83 bits per heavy atom.